The average Bonchev–Trinajstić information content (AvgIpc) is 2.37. The second-order valence-electron chi connectivity index (χ2n) is 5.70. The minimum atomic E-state index is -0.119. The minimum absolute atomic E-state index is 0.0852. The van der Waals surface area contributed by atoms with Crippen LogP contribution in [-0.2, 0) is 5.41 Å². The van der Waals surface area contributed by atoms with Crippen LogP contribution >= 0.6 is 0 Å². The molecule has 3 N–H and O–H groups in total. The highest BCUT2D eigenvalue weighted by Gasteiger charge is 2.22. The van der Waals surface area contributed by atoms with Crippen molar-refractivity contribution >= 4 is 0 Å². The Balaban J connectivity index is 2.28. The van der Waals surface area contributed by atoms with Crippen molar-refractivity contribution in [3.63, 3.8) is 0 Å². The predicted molar refractivity (Wildman–Crippen MR) is 81.3 cm³/mol. The Morgan fingerprint density at radius 1 is 0.905 bits per heavy atom. The van der Waals surface area contributed by atoms with Crippen molar-refractivity contribution in [3.8, 4) is 28.7 Å². The second-order valence-corrected chi connectivity index (χ2v) is 5.70. The van der Waals surface area contributed by atoms with E-state index >= 15 is 0 Å². The fourth-order valence-electron chi connectivity index (χ4n) is 2.10. The van der Waals surface area contributed by atoms with E-state index in [9.17, 15) is 15.3 Å². The van der Waals surface area contributed by atoms with Crippen LogP contribution in [0.1, 0.15) is 32.8 Å². The van der Waals surface area contributed by atoms with E-state index in [0.717, 1.165) is 12.0 Å². The van der Waals surface area contributed by atoms with Gasteiger partial charge in [-0.2, -0.15) is 0 Å². The molecule has 0 aliphatic rings. The monoisotopic (exact) mass is 288 g/mol. The molecule has 0 aliphatic carbocycles. The van der Waals surface area contributed by atoms with Crippen LogP contribution in [0.4, 0.5) is 0 Å². The highest BCUT2D eigenvalue weighted by molar-refractivity contribution is 5.47. The van der Waals surface area contributed by atoms with Gasteiger partial charge in [0, 0.05) is 24.3 Å². The third-order valence-electron chi connectivity index (χ3n) is 3.69. The van der Waals surface area contributed by atoms with Crippen molar-refractivity contribution in [2.45, 2.75) is 32.6 Å². The summed E-state index contributed by atoms with van der Waals surface area (Å²) in [4.78, 5) is 0. The van der Waals surface area contributed by atoms with Crippen molar-refractivity contribution in [3.05, 3.63) is 42.0 Å². The number of phenols is 3. The number of hydrogen-bond acceptors (Lipinski definition) is 4. The van der Waals surface area contributed by atoms with E-state index in [-0.39, 0.29) is 22.7 Å². The van der Waals surface area contributed by atoms with Gasteiger partial charge >= 0.3 is 0 Å². The summed E-state index contributed by atoms with van der Waals surface area (Å²) in [7, 11) is 0. The molecule has 0 aromatic heterocycles. The predicted octanol–water partition coefficient (Wildman–Crippen LogP) is 4.28. The van der Waals surface area contributed by atoms with Gasteiger partial charge < -0.3 is 20.1 Å². The van der Waals surface area contributed by atoms with E-state index in [1.54, 1.807) is 6.07 Å². The van der Waals surface area contributed by atoms with Crippen molar-refractivity contribution in [2.75, 3.05) is 0 Å². The summed E-state index contributed by atoms with van der Waals surface area (Å²) in [5, 5.41) is 29.0. The fourth-order valence-corrected chi connectivity index (χ4v) is 2.10. The zero-order chi connectivity index (χ0) is 15.6. The van der Waals surface area contributed by atoms with Gasteiger partial charge in [0.25, 0.3) is 0 Å². The molecule has 0 spiro atoms. The molecule has 2 aromatic rings. The standard InChI is InChI=1S/C17H20O4/c1-4-17(2,3)15-6-5-13(10-16(15)20)21-14-8-11(18)7-12(19)9-14/h5-10,18-20H,4H2,1-3H3. The van der Waals surface area contributed by atoms with Crippen molar-refractivity contribution < 1.29 is 20.1 Å². The van der Waals surface area contributed by atoms with E-state index in [4.69, 9.17) is 4.74 Å². The third kappa shape index (κ3) is 3.40. The molecule has 0 heterocycles. The molecule has 0 aliphatic heterocycles. The van der Waals surface area contributed by atoms with Gasteiger partial charge in [-0.3, -0.25) is 0 Å². The van der Waals surface area contributed by atoms with Crippen LogP contribution in [0, 0.1) is 0 Å². The molecule has 0 amide bonds. The molecule has 2 rings (SSSR count). The Morgan fingerprint density at radius 3 is 2.05 bits per heavy atom. The number of aromatic hydroxyl groups is 3. The van der Waals surface area contributed by atoms with Crippen molar-refractivity contribution in [1.82, 2.24) is 0 Å². The molecule has 0 radical (unpaired) electrons. The van der Waals surface area contributed by atoms with Crippen molar-refractivity contribution in [2.24, 2.45) is 0 Å². The molecule has 0 atom stereocenters. The summed E-state index contributed by atoms with van der Waals surface area (Å²) >= 11 is 0. The Hall–Kier alpha value is -2.36. The van der Waals surface area contributed by atoms with Crippen LogP contribution < -0.4 is 4.74 Å². The molecule has 0 bridgehead atoms. The number of ether oxygens (including phenoxy) is 1. The molecule has 0 saturated carbocycles. The first-order chi connectivity index (χ1) is 9.81. The summed E-state index contributed by atoms with van der Waals surface area (Å²) in [6, 6.07) is 9.12. The van der Waals surface area contributed by atoms with E-state index in [1.807, 2.05) is 6.07 Å². The molecule has 0 unspecified atom stereocenters. The Bertz CT molecular complexity index is 627. The van der Waals surface area contributed by atoms with Gasteiger partial charge in [-0.15, -0.1) is 0 Å². The van der Waals surface area contributed by atoms with Gasteiger partial charge in [-0.1, -0.05) is 26.8 Å². The zero-order valence-corrected chi connectivity index (χ0v) is 12.4. The lowest BCUT2D eigenvalue weighted by Crippen LogP contribution is -2.15. The van der Waals surface area contributed by atoms with Gasteiger partial charge in [-0.05, 0) is 23.5 Å². The Labute approximate surface area is 124 Å². The summed E-state index contributed by atoms with van der Waals surface area (Å²) < 4.78 is 5.54. The van der Waals surface area contributed by atoms with Gasteiger partial charge in [0.1, 0.15) is 28.7 Å². The van der Waals surface area contributed by atoms with Gasteiger partial charge in [0.05, 0.1) is 0 Å². The van der Waals surface area contributed by atoms with E-state index < -0.39 is 0 Å². The SMILES string of the molecule is CCC(C)(C)c1ccc(Oc2cc(O)cc(O)c2)cc1O. The first kappa shape index (κ1) is 15.0. The molecular formula is C17H20O4. The number of benzene rings is 2. The summed E-state index contributed by atoms with van der Waals surface area (Å²) in [6.07, 6.45) is 0.904. The van der Waals surface area contributed by atoms with E-state index in [2.05, 4.69) is 20.8 Å². The smallest absolute Gasteiger partial charge is 0.134 e. The second kappa shape index (κ2) is 5.56. The molecule has 4 heteroatoms. The largest absolute Gasteiger partial charge is 0.508 e. The highest BCUT2D eigenvalue weighted by atomic mass is 16.5. The van der Waals surface area contributed by atoms with Crippen LogP contribution in [0.2, 0.25) is 0 Å². The molecule has 2 aromatic carbocycles. The molecule has 0 saturated heterocycles. The first-order valence-electron chi connectivity index (χ1n) is 6.86. The van der Waals surface area contributed by atoms with Gasteiger partial charge in [0.15, 0.2) is 0 Å². The molecule has 4 nitrogen and oxygen atoms in total. The molecule has 21 heavy (non-hydrogen) atoms. The summed E-state index contributed by atoms with van der Waals surface area (Å²) in [5.74, 6) is 0.738. The van der Waals surface area contributed by atoms with Crippen LogP contribution in [0.5, 0.6) is 28.7 Å². The fraction of sp³-hybridized carbons (Fsp3) is 0.294. The summed E-state index contributed by atoms with van der Waals surface area (Å²) in [6.45, 7) is 6.20. The quantitative estimate of drug-likeness (QED) is 0.785. The van der Waals surface area contributed by atoms with Gasteiger partial charge in [0.2, 0.25) is 0 Å². The number of hydrogen-bond donors (Lipinski definition) is 3. The van der Waals surface area contributed by atoms with Crippen molar-refractivity contribution in [1.29, 1.82) is 0 Å². The molecule has 112 valence electrons. The van der Waals surface area contributed by atoms with Crippen LogP contribution in [0.15, 0.2) is 36.4 Å². The van der Waals surface area contributed by atoms with Crippen LogP contribution in [-0.4, -0.2) is 15.3 Å². The van der Waals surface area contributed by atoms with Crippen LogP contribution in [0.3, 0.4) is 0 Å². The summed E-state index contributed by atoms with van der Waals surface area (Å²) in [5.41, 5.74) is 0.738. The molecular weight excluding hydrogens is 268 g/mol. The lowest BCUT2D eigenvalue weighted by molar-refractivity contribution is 0.416. The van der Waals surface area contributed by atoms with E-state index in [0.29, 0.717) is 11.5 Å². The highest BCUT2D eigenvalue weighted by Crippen LogP contribution is 2.37. The zero-order valence-electron chi connectivity index (χ0n) is 12.4. The number of phenolic OH excluding ortho intramolecular Hbond substituents is 3. The number of rotatable bonds is 4. The maximum Gasteiger partial charge on any atom is 0.134 e. The first-order valence-corrected chi connectivity index (χ1v) is 6.86. The lowest BCUT2D eigenvalue weighted by Gasteiger charge is -2.24. The minimum Gasteiger partial charge on any atom is -0.508 e. The lowest BCUT2D eigenvalue weighted by atomic mass is 9.82. The third-order valence-corrected chi connectivity index (χ3v) is 3.69. The normalized spacial score (nSPS) is 11.4. The maximum absolute atomic E-state index is 10.2. The Morgan fingerprint density at radius 2 is 1.52 bits per heavy atom. The van der Waals surface area contributed by atoms with Crippen LogP contribution in [0.25, 0.3) is 0 Å². The average molecular weight is 288 g/mol. The topological polar surface area (TPSA) is 69.9 Å². The Kier molecular flexibility index (Phi) is 3.98. The molecule has 0 fully saturated rings. The maximum atomic E-state index is 10.2. The van der Waals surface area contributed by atoms with E-state index in [1.165, 1.54) is 24.3 Å². The van der Waals surface area contributed by atoms with Gasteiger partial charge in [-0.25, -0.2) is 0 Å².